The molecule has 7 heteroatoms. The number of carboxylic acids is 1. The van der Waals surface area contributed by atoms with Crippen molar-refractivity contribution in [3.8, 4) is 0 Å². The third-order valence-electron chi connectivity index (χ3n) is 6.20. The van der Waals surface area contributed by atoms with Crippen molar-refractivity contribution in [2.45, 2.75) is 104 Å². The molecule has 29 heavy (non-hydrogen) atoms. The Morgan fingerprint density at radius 3 is 2.03 bits per heavy atom. The number of ether oxygens (including phenoxy) is 1. The zero-order chi connectivity index (χ0) is 22.0. The number of carbonyl (C=O) groups is 2. The van der Waals surface area contributed by atoms with Crippen LogP contribution in [0.5, 0.6) is 0 Å². The van der Waals surface area contributed by atoms with Crippen molar-refractivity contribution >= 4 is 11.9 Å². The minimum atomic E-state index is -1.32. The van der Waals surface area contributed by atoms with E-state index in [1.54, 1.807) is 0 Å². The van der Waals surface area contributed by atoms with Gasteiger partial charge in [0.1, 0.15) is 6.04 Å². The zero-order valence-corrected chi connectivity index (χ0v) is 18.9. The van der Waals surface area contributed by atoms with Gasteiger partial charge < -0.3 is 19.8 Å². The average Bonchev–Trinajstić information content (AvgIpc) is 2.70. The summed E-state index contributed by atoms with van der Waals surface area (Å²) in [7, 11) is 0. The third kappa shape index (κ3) is 6.66. The molecule has 2 fully saturated rings. The van der Waals surface area contributed by atoms with E-state index in [1.165, 1.54) is 24.2 Å². The second-order valence-electron chi connectivity index (χ2n) is 10.8. The number of carbonyl (C=O) groups excluding carboxylic acids is 1. The largest absolute Gasteiger partial charge is 0.480 e. The van der Waals surface area contributed by atoms with Crippen LogP contribution < -0.4 is 5.32 Å². The van der Waals surface area contributed by atoms with Gasteiger partial charge in [-0.15, -0.1) is 0 Å². The van der Waals surface area contributed by atoms with Gasteiger partial charge in [0.05, 0.1) is 11.6 Å². The first-order chi connectivity index (χ1) is 13.3. The number of likely N-dealkylation sites (tertiary alicyclic amines) is 1. The van der Waals surface area contributed by atoms with Crippen LogP contribution >= 0.6 is 0 Å². The molecule has 1 saturated heterocycles. The van der Waals surface area contributed by atoms with Gasteiger partial charge in [0.2, 0.25) is 12.3 Å². The lowest BCUT2D eigenvalue weighted by Crippen LogP contribution is -2.59. The molecule has 0 aromatic carbocycles. The van der Waals surface area contributed by atoms with Gasteiger partial charge in [-0.05, 0) is 57.3 Å². The molecule has 1 saturated carbocycles. The molecule has 1 amide bonds. The highest BCUT2D eigenvalue weighted by Crippen LogP contribution is 2.40. The van der Waals surface area contributed by atoms with Crippen LogP contribution in [0.4, 0.5) is 0 Å². The third-order valence-corrected chi connectivity index (χ3v) is 6.20. The summed E-state index contributed by atoms with van der Waals surface area (Å²) < 4.78 is 5.53. The molecule has 7 nitrogen and oxygen atoms in total. The quantitative estimate of drug-likeness (QED) is 0.580. The number of nitrogens with zero attached hydrogens (tertiary/aromatic N) is 1. The molecule has 1 aliphatic carbocycles. The number of hydrogen-bond donors (Lipinski definition) is 3. The van der Waals surface area contributed by atoms with Gasteiger partial charge in [-0.3, -0.25) is 10.1 Å². The highest BCUT2D eigenvalue weighted by molar-refractivity contribution is 5.87. The second-order valence-corrected chi connectivity index (χ2v) is 10.8. The first-order valence-electron chi connectivity index (χ1n) is 10.9. The molecule has 0 bridgehead atoms. The Balaban J connectivity index is 2.18. The topological polar surface area (TPSA) is 99.1 Å². The van der Waals surface area contributed by atoms with E-state index in [9.17, 15) is 19.8 Å². The van der Waals surface area contributed by atoms with Crippen LogP contribution in [0.3, 0.4) is 0 Å². The lowest BCUT2D eigenvalue weighted by molar-refractivity contribution is -0.192. The first kappa shape index (κ1) is 24.1. The SMILES string of the molecule is CC(C)(C)OC(O)N[C@H](C(=O)N1CCC(C2CCC2)CC[C@H]1C(=O)O)C(C)(C)C. The van der Waals surface area contributed by atoms with Gasteiger partial charge in [0.15, 0.2) is 0 Å². The highest BCUT2D eigenvalue weighted by Gasteiger charge is 2.42. The maximum absolute atomic E-state index is 13.5. The van der Waals surface area contributed by atoms with Crippen molar-refractivity contribution in [2.75, 3.05) is 6.54 Å². The van der Waals surface area contributed by atoms with Crippen molar-refractivity contribution in [3.63, 3.8) is 0 Å². The maximum Gasteiger partial charge on any atom is 0.326 e. The summed E-state index contributed by atoms with van der Waals surface area (Å²) in [5.74, 6) is -0.0558. The van der Waals surface area contributed by atoms with Crippen molar-refractivity contribution in [2.24, 2.45) is 17.3 Å². The molecule has 0 aromatic rings. The van der Waals surface area contributed by atoms with Gasteiger partial charge in [0.25, 0.3) is 0 Å². The molecular weight excluding hydrogens is 372 g/mol. The van der Waals surface area contributed by atoms with E-state index < -0.39 is 35.5 Å². The van der Waals surface area contributed by atoms with E-state index in [-0.39, 0.29) is 5.91 Å². The molecule has 3 N–H and O–H groups in total. The fourth-order valence-electron chi connectivity index (χ4n) is 4.41. The Labute approximate surface area is 175 Å². The van der Waals surface area contributed by atoms with Crippen LogP contribution in [0.1, 0.15) is 80.1 Å². The van der Waals surface area contributed by atoms with Crippen LogP contribution in [-0.4, -0.2) is 57.6 Å². The lowest BCUT2D eigenvalue weighted by atomic mass is 9.73. The van der Waals surface area contributed by atoms with E-state index in [0.29, 0.717) is 24.8 Å². The summed E-state index contributed by atoms with van der Waals surface area (Å²) in [6, 6.07) is -1.58. The fraction of sp³-hybridized carbons (Fsp3) is 0.909. The monoisotopic (exact) mass is 412 g/mol. The van der Waals surface area contributed by atoms with Crippen LogP contribution in [0, 0.1) is 17.3 Å². The van der Waals surface area contributed by atoms with E-state index in [1.807, 2.05) is 41.5 Å². The number of nitrogens with one attached hydrogen (secondary N) is 1. The molecule has 0 aromatic heterocycles. The molecule has 1 aliphatic heterocycles. The Hall–Kier alpha value is -1.18. The van der Waals surface area contributed by atoms with Crippen LogP contribution in [0.25, 0.3) is 0 Å². The summed E-state index contributed by atoms with van der Waals surface area (Å²) in [6.07, 6.45) is 4.57. The summed E-state index contributed by atoms with van der Waals surface area (Å²) in [6.45, 7) is 11.6. The Bertz CT molecular complexity index is 577. The van der Waals surface area contributed by atoms with Gasteiger partial charge in [0, 0.05) is 6.54 Å². The molecule has 168 valence electrons. The van der Waals surface area contributed by atoms with Crippen molar-refractivity contribution in [1.29, 1.82) is 0 Å². The second kappa shape index (κ2) is 9.31. The smallest absolute Gasteiger partial charge is 0.326 e. The number of rotatable bonds is 6. The molecular formula is C22H40N2O5. The number of aliphatic carboxylic acids is 1. The summed E-state index contributed by atoms with van der Waals surface area (Å²) in [4.78, 5) is 27.0. The first-order valence-corrected chi connectivity index (χ1v) is 10.9. The Morgan fingerprint density at radius 2 is 1.59 bits per heavy atom. The predicted molar refractivity (Wildman–Crippen MR) is 111 cm³/mol. The fourth-order valence-corrected chi connectivity index (χ4v) is 4.41. The Kier molecular flexibility index (Phi) is 7.74. The minimum Gasteiger partial charge on any atom is -0.480 e. The molecule has 2 rings (SSSR count). The van der Waals surface area contributed by atoms with Gasteiger partial charge in [-0.25, -0.2) is 4.79 Å². The molecule has 2 aliphatic rings. The van der Waals surface area contributed by atoms with Crippen LogP contribution in [0.15, 0.2) is 0 Å². The number of amides is 1. The van der Waals surface area contributed by atoms with Crippen LogP contribution in [0.2, 0.25) is 0 Å². The molecule has 4 atom stereocenters. The normalized spacial score (nSPS) is 26.4. The van der Waals surface area contributed by atoms with Gasteiger partial charge in [-0.2, -0.15) is 0 Å². The number of carboxylic acid groups (broad SMARTS) is 1. The van der Waals surface area contributed by atoms with Gasteiger partial charge >= 0.3 is 5.97 Å². The van der Waals surface area contributed by atoms with Gasteiger partial charge in [-0.1, -0.05) is 40.0 Å². The van der Waals surface area contributed by atoms with E-state index >= 15 is 0 Å². The standard InChI is InChI=1S/C22H40N2O5/c1-21(2,3)17(23-20(28)29-22(4,5)6)18(25)24-13-12-15(14-8-7-9-14)10-11-16(24)19(26)27/h14-17,20,23,28H,7-13H2,1-6H3,(H,26,27)/t15?,16-,17+,20?/m0/s1. The molecule has 0 radical (unpaired) electrons. The molecule has 0 spiro atoms. The summed E-state index contributed by atoms with van der Waals surface area (Å²) >= 11 is 0. The van der Waals surface area contributed by atoms with Crippen molar-refractivity contribution in [1.82, 2.24) is 10.2 Å². The van der Waals surface area contributed by atoms with E-state index in [4.69, 9.17) is 4.74 Å². The van der Waals surface area contributed by atoms with Crippen LogP contribution in [-0.2, 0) is 14.3 Å². The summed E-state index contributed by atoms with van der Waals surface area (Å²) in [5.41, 5.74) is -1.11. The molecule has 2 unspecified atom stereocenters. The van der Waals surface area contributed by atoms with E-state index in [2.05, 4.69) is 5.32 Å². The number of aliphatic hydroxyl groups excluding tert-OH is 1. The van der Waals surface area contributed by atoms with Crippen molar-refractivity contribution < 1.29 is 24.5 Å². The average molecular weight is 413 g/mol. The minimum absolute atomic E-state index is 0.282. The summed E-state index contributed by atoms with van der Waals surface area (Å²) in [5, 5.41) is 23.0. The highest BCUT2D eigenvalue weighted by atomic mass is 16.6. The predicted octanol–water partition coefficient (Wildman–Crippen LogP) is 2.96. The maximum atomic E-state index is 13.5. The lowest BCUT2D eigenvalue weighted by Gasteiger charge is -2.38. The van der Waals surface area contributed by atoms with E-state index in [0.717, 1.165) is 12.8 Å². The number of aliphatic hydroxyl groups is 1. The van der Waals surface area contributed by atoms with Crippen molar-refractivity contribution in [3.05, 3.63) is 0 Å². The number of hydrogen-bond acceptors (Lipinski definition) is 5. The Morgan fingerprint density at radius 1 is 1.00 bits per heavy atom. The zero-order valence-electron chi connectivity index (χ0n) is 18.9. The molecule has 1 heterocycles.